The van der Waals surface area contributed by atoms with Crippen LogP contribution >= 0.6 is 0 Å². The molecule has 2 aliphatic rings. The topological polar surface area (TPSA) is 49.3 Å². The maximum atomic E-state index is 12.7. The molecule has 1 aromatic heterocycles. The number of benzene rings is 1. The van der Waals surface area contributed by atoms with Gasteiger partial charge in [-0.3, -0.25) is 4.79 Å². The first-order valence-electron chi connectivity index (χ1n) is 10.0. The Bertz CT molecular complexity index is 756. The van der Waals surface area contributed by atoms with E-state index in [1.54, 1.807) is 18.3 Å². The summed E-state index contributed by atoms with van der Waals surface area (Å²) in [7, 11) is 0. The summed E-state index contributed by atoms with van der Waals surface area (Å²) in [4.78, 5) is 17.2. The van der Waals surface area contributed by atoms with Gasteiger partial charge in [0.25, 0.3) is 5.91 Å². The van der Waals surface area contributed by atoms with Gasteiger partial charge in [-0.2, -0.15) is 5.10 Å². The van der Waals surface area contributed by atoms with E-state index in [1.807, 2.05) is 4.90 Å². The molecule has 1 atom stereocenters. The number of carbonyl (C=O) groups is 1. The number of rotatable bonds is 3. The van der Waals surface area contributed by atoms with Gasteiger partial charge in [-0.1, -0.05) is 37.3 Å². The third-order valence-corrected chi connectivity index (χ3v) is 6.34. The Balaban J connectivity index is 1.46. The molecule has 0 unspecified atom stereocenters. The van der Waals surface area contributed by atoms with E-state index in [0.29, 0.717) is 17.0 Å². The molecule has 2 aliphatic heterocycles. The maximum absolute atomic E-state index is 12.7. The zero-order chi connectivity index (χ0) is 18.7. The summed E-state index contributed by atoms with van der Waals surface area (Å²) >= 11 is 0. The molecule has 1 spiro atoms. The maximum Gasteiger partial charge on any atom is 0.274 e. The summed E-state index contributed by atoms with van der Waals surface area (Å²) in [5.74, 6) is 0.600. The average Bonchev–Trinajstić information content (AvgIpc) is 2.75. The van der Waals surface area contributed by atoms with Gasteiger partial charge < -0.3 is 9.80 Å². The fourth-order valence-electron chi connectivity index (χ4n) is 4.82. The minimum atomic E-state index is 0.0146. The first-order chi connectivity index (χ1) is 13.2. The molecule has 3 heterocycles. The molecule has 0 aliphatic carbocycles. The van der Waals surface area contributed by atoms with Crippen LogP contribution in [0.5, 0.6) is 0 Å². The lowest BCUT2D eigenvalue weighted by molar-refractivity contribution is 0.0156. The monoisotopic (exact) mass is 364 g/mol. The first kappa shape index (κ1) is 18.1. The van der Waals surface area contributed by atoms with Gasteiger partial charge in [0.15, 0.2) is 5.69 Å². The second-order valence-electron chi connectivity index (χ2n) is 8.04. The van der Waals surface area contributed by atoms with E-state index < -0.39 is 0 Å². The number of nitrogens with zero attached hydrogens (tertiary/aromatic N) is 4. The van der Waals surface area contributed by atoms with Crippen LogP contribution in [0, 0.1) is 5.41 Å². The Kier molecular flexibility index (Phi) is 5.21. The summed E-state index contributed by atoms with van der Waals surface area (Å²) in [6, 6.07) is 14.5. The van der Waals surface area contributed by atoms with Crippen molar-refractivity contribution >= 4 is 5.91 Å². The second-order valence-corrected chi connectivity index (χ2v) is 8.04. The van der Waals surface area contributed by atoms with Gasteiger partial charge in [-0.25, -0.2) is 0 Å². The Morgan fingerprint density at radius 1 is 1.15 bits per heavy atom. The van der Waals surface area contributed by atoms with E-state index in [2.05, 4.69) is 52.4 Å². The molecule has 142 valence electrons. The van der Waals surface area contributed by atoms with E-state index in [9.17, 15) is 4.79 Å². The van der Waals surface area contributed by atoms with Crippen LogP contribution in [0.2, 0.25) is 0 Å². The summed E-state index contributed by atoms with van der Waals surface area (Å²) in [5, 5.41) is 7.83. The lowest BCUT2D eigenvalue weighted by Gasteiger charge is -2.50. The Hall–Kier alpha value is -2.27. The molecule has 27 heavy (non-hydrogen) atoms. The van der Waals surface area contributed by atoms with Gasteiger partial charge in [0.05, 0.1) is 0 Å². The molecular weight excluding hydrogens is 336 g/mol. The molecule has 5 nitrogen and oxygen atoms in total. The van der Waals surface area contributed by atoms with Gasteiger partial charge in [0.1, 0.15) is 0 Å². The number of hydrogen-bond donors (Lipinski definition) is 0. The van der Waals surface area contributed by atoms with Gasteiger partial charge >= 0.3 is 0 Å². The summed E-state index contributed by atoms with van der Waals surface area (Å²) in [6.45, 7) is 7.27. The van der Waals surface area contributed by atoms with Gasteiger partial charge in [0, 0.05) is 32.4 Å². The lowest BCUT2D eigenvalue weighted by atomic mass is 9.68. The SMILES string of the molecule is CCN1C[C@H](c2ccccc2)CC2(CCN(C(=O)c3cccnn3)CC2)C1. The number of amides is 1. The van der Waals surface area contributed by atoms with Crippen LogP contribution in [0.25, 0.3) is 0 Å². The molecule has 0 N–H and O–H groups in total. The fourth-order valence-corrected chi connectivity index (χ4v) is 4.82. The molecule has 1 amide bonds. The van der Waals surface area contributed by atoms with Gasteiger partial charge in [0.2, 0.25) is 0 Å². The van der Waals surface area contributed by atoms with E-state index in [-0.39, 0.29) is 5.91 Å². The minimum absolute atomic E-state index is 0.0146. The van der Waals surface area contributed by atoms with Crippen LogP contribution in [-0.2, 0) is 0 Å². The average molecular weight is 364 g/mol. The third-order valence-electron chi connectivity index (χ3n) is 6.34. The highest BCUT2D eigenvalue weighted by atomic mass is 16.2. The molecule has 2 saturated heterocycles. The first-order valence-corrected chi connectivity index (χ1v) is 10.0. The van der Waals surface area contributed by atoms with Crippen LogP contribution in [-0.4, -0.2) is 58.6 Å². The van der Waals surface area contributed by atoms with Crippen molar-refractivity contribution in [2.75, 3.05) is 32.7 Å². The van der Waals surface area contributed by atoms with Crippen molar-refractivity contribution < 1.29 is 4.79 Å². The molecule has 2 aromatic rings. The molecule has 5 heteroatoms. The number of aromatic nitrogens is 2. The number of piperidine rings is 2. The number of likely N-dealkylation sites (N-methyl/N-ethyl adjacent to an activating group) is 1. The van der Waals surface area contributed by atoms with Crippen LogP contribution < -0.4 is 0 Å². The zero-order valence-corrected chi connectivity index (χ0v) is 16.1. The van der Waals surface area contributed by atoms with E-state index in [4.69, 9.17) is 0 Å². The predicted octanol–water partition coefficient (Wildman–Crippen LogP) is 3.21. The quantitative estimate of drug-likeness (QED) is 0.839. The molecule has 2 fully saturated rings. The molecule has 4 rings (SSSR count). The van der Waals surface area contributed by atoms with E-state index in [1.165, 1.54) is 12.0 Å². The van der Waals surface area contributed by atoms with Crippen molar-refractivity contribution in [3.63, 3.8) is 0 Å². The van der Waals surface area contributed by atoms with E-state index in [0.717, 1.165) is 45.6 Å². The van der Waals surface area contributed by atoms with Crippen molar-refractivity contribution in [1.29, 1.82) is 0 Å². The van der Waals surface area contributed by atoms with Crippen molar-refractivity contribution in [3.8, 4) is 0 Å². The summed E-state index contributed by atoms with van der Waals surface area (Å²) < 4.78 is 0. The van der Waals surface area contributed by atoms with Gasteiger partial charge in [-0.05, 0) is 54.8 Å². The Labute approximate surface area is 161 Å². The number of hydrogen-bond acceptors (Lipinski definition) is 4. The minimum Gasteiger partial charge on any atom is -0.337 e. The van der Waals surface area contributed by atoms with Crippen molar-refractivity contribution in [3.05, 3.63) is 59.9 Å². The third kappa shape index (κ3) is 3.88. The highest BCUT2D eigenvalue weighted by Gasteiger charge is 2.42. The van der Waals surface area contributed by atoms with Crippen molar-refractivity contribution in [2.45, 2.75) is 32.1 Å². The van der Waals surface area contributed by atoms with Gasteiger partial charge in [-0.15, -0.1) is 5.10 Å². The largest absolute Gasteiger partial charge is 0.337 e. The van der Waals surface area contributed by atoms with E-state index >= 15 is 0 Å². The standard InChI is InChI=1S/C22H28N4O/c1-2-25-16-19(18-7-4-3-5-8-18)15-22(17-25)10-13-26(14-11-22)21(27)20-9-6-12-23-24-20/h3-9,12,19H,2,10-11,13-17H2,1H3/t19-/m1/s1. The molecule has 0 radical (unpaired) electrons. The highest BCUT2D eigenvalue weighted by molar-refractivity contribution is 5.92. The summed E-state index contributed by atoms with van der Waals surface area (Å²) in [5.41, 5.74) is 2.22. The van der Waals surface area contributed by atoms with Crippen molar-refractivity contribution in [1.82, 2.24) is 20.0 Å². The number of likely N-dealkylation sites (tertiary alicyclic amines) is 2. The molecule has 0 saturated carbocycles. The fraction of sp³-hybridized carbons (Fsp3) is 0.500. The normalized spacial score (nSPS) is 22.7. The van der Waals surface area contributed by atoms with Crippen LogP contribution in [0.1, 0.15) is 48.2 Å². The Morgan fingerprint density at radius 2 is 1.93 bits per heavy atom. The molecule has 0 bridgehead atoms. The smallest absolute Gasteiger partial charge is 0.274 e. The highest BCUT2D eigenvalue weighted by Crippen LogP contribution is 2.45. The number of carbonyl (C=O) groups excluding carboxylic acids is 1. The summed E-state index contributed by atoms with van der Waals surface area (Å²) in [6.07, 6.45) is 4.96. The Morgan fingerprint density at radius 3 is 2.59 bits per heavy atom. The zero-order valence-electron chi connectivity index (χ0n) is 16.1. The van der Waals surface area contributed by atoms with Crippen LogP contribution in [0.15, 0.2) is 48.7 Å². The van der Waals surface area contributed by atoms with Crippen LogP contribution in [0.4, 0.5) is 0 Å². The van der Waals surface area contributed by atoms with Crippen LogP contribution in [0.3, 0.4) is 0 Å². The molecular formula is C22H28N4O. The second kappa shape index (κ2) is 7.77. The molecule has 1 aromatic carbocycles. The van der Waals surface area contributed by atoms with Crippen molar-refractivity contribution in [2.24, 2.45) is 5.41 Å². The predicted molar refractivity (Wildman–Crippen MR) is 106 cm³/mol. The lowest BCUT2D eigenvalue weighted by Crippen LogP contribution is -2.52.